The van der Waals surface area contributed by atoms with Gasteiger partial charge in [-0.05, 0) is 37.2 Å². The zero-order valence-corrected chi connectivity index (χ0v) is 12.1. The van der Waals surface area contributed by atoms with Gasteiger partial charge in [-0.25, -0.2) is 4.79 Å². The van der Waals surface area contributed by atoms with Crippen molar-refractivity contribution in [3.05, 3.63) is 35.9 Å². The number of nitrogens with zero attached hydrogens (tertiary/aromatic N) is 1. The third-order valence-corrected chi connectivity index (χ3v) is 4.02. The number of urea groups is 1. The van der Waals surface area contributed by atoms with Gasteiger partial charge in [-0.2, -0.15) is 0 Å². The monoisotopic (exact) mass is 276 g/mol. The van der Waals surface area contributed by atoms with Crippen LogP contribution in [0.1, 0.15) is 24.8 Å². The summed E-state index contributed by atoms with van der Waals surface area (Å²) in [5, 5.41) is 11.9. The minimum absolute atomic E-state index is 0.00518. The van der Waals surface area contributed by atoms with Crippen LogP contribution in [0.2, 0.25) is 0 Å². The molecule has 1 aliphatic rings. The first-order valence-corrected chi connectivity index (χ1v) is 7.35. The number of hydrogen-bond acceptors (Lipinski definition) is 2. The molecule has 1 aromatic carbocycles. The number of aliphatic hydroxyl groups excluding tert-OH is 1. The lowest BCUT2D eigenvalue weighted by molar-refractivity contribution is 0.187. The van der Waals surface area contributed by atoms with Crippen molar-refractivity contribution in [2.75, 3.05) is 20.2 Å². The molecule has 2 N–H and O–H groups in total. The summed E-state index contributed by atoms with van der Waals surface area (Å²) in [6.07, 6.45) is 4.37. The lowest BCUT2D eigenvalue weighted by Gasteiger charge is -2.20. The fourth-order valence-corrected chi connectivity index (χ4v) is 2.88. The van der Waals surface area contributed by atoms with E-state index in [2.05, 4.69) is 29.6 Å². The topological polar surface area (TPSA) is 52.6 Å². The Hall–Kier alpha value is -1.55. The quantitative estimate of drug-likeness (QED) is 0.864. The number of carbonyl (C=O) groups is 1. The molecule has 0 aromatic heterocycles. The van der Waals surface area contributed by atoms with E-state index in [9.17, 15) is 4.79 Å². The Bertz CT molecular complexity index is 422. The number of benzene rings is 1. The Morgan fingerprint density at radius 3 is 2.80 bits per heavy atom. The van der Waals surface area contributed by atoms with Gasteiger partial charge < -0.3 is 15.3 Å². The molecule has 0 heterocycles. The molecular formula is C16H24N2O2. The molecule has 1 aliphatic carbocycles. The molecule has 110 valence electrons. The predicted molar refractivity (Wildman–Crippen MR) is 79.5 cm³/mol. The Labute approximate surface area is 120 Å². The molecule has 4 nitrogen and oxygen atoms in total. The normalized spacial score (nSPS) is 21.7. The van der Waals surface area contributed by atoms with Gasteiger partial charge in [0.15, 0.2) is 0 Å². The molecule has 1 saturated carbocycles. The Kier molecular flexibility index (Phi) is 5.41. The van der Waals surface area contributed by atoms with Crippen LogP contribution in [0.3, 0.4) is 0 Å². The molecule has 2 amide bonds. The molecule has 0 bridgehead atoms. The Balaban J connectivity index is 1.76. The Morgan fingerprint density at radius 2 is 2.10 bits per heavy atom. The van der Waals surface area contributed by atoms with E-state index < -0.39 is 0 Å². The average molecular weight is 276 g/mol. The minimum Gasteiger partial charge on any atom is -0.395 e. The molecule has 0 aliphatic heterocycles. The number of carbonyl (C=O) groups excluding carboxylic acids is 1. The summed E-state index contributed by atoms with van der Waals surface area (Å²) < 4.78 is 0. The van der Waals surface area contributed by atoms with Crippen molar-refractivity contribution in [1.29, 1.82) is 0 Å². The second-order valence-corrected chi connectivity index (χ2v) is 5.66. The summed E-state index contributed by atoms with van der Waals surface area (Å²) in [5.41, 5.74) is 1.38. The summed E-state index contributed by atoms with van der Waals surface area (Å²) in [6, 6.07) is 10.7. The van der Waals surface area contributed by atoms with Crippen LogP contribution in [0.25, 0.3) is 0 Å². The molecule has 2 atom stereocenters. The van der Waals surface area contributed by atoms with Gasteiger partial charge in [0, 0.05) is 19.6 Å². The van der Waals surface area contributed by atoms with Crippen molar-refractivity contribution < 1.29 is 9.90 Å². The van der Waals surface area contributed by atoms with Gasteiger partial charge in [0.25, 0.3) is 0 Å². The van der Waals surface area contributed by atoms with Crippen molar-refractivity contribution in [2.24, 2.45) is 5.92 Å². The molecule has 1 aromatic rings. The Morgan fingerprint density at radius 1 is 1.35 bits per heavy atom. The van der Waals surface area contributed by atoms with Gasteiger partial charge in [-0.3, -0.25) is 0 Å². The molecule has 2 unspecified atom stereocenters. The van der Waals surface area contributed by atoms with Crippen molar-refractivity contribution in [1.82, 2.24) is 10.2 Å². The first kappa shape index (κ1) is 14.9. The largest absolute Gasteiger partial charge is 0.395 e. The van der Waals surface area contributed by atoms with Crippen molar-refractivity contribution in [3.63, 3.8) is 0 Å². The lowest BCUT2D eigenvalue weighted by Crippen LogP contribution is -2.43. The molecule has 4 heteroatoms. The third-order valence-electron chi connectivity index (χ3n) is 4.02. The van der Waals surface area contributed by atoms with Gasteiger partial charge in [-0.15, -0.1) is 0 Å². The van der Waals surface area contributed by atoms with Gasteiger partial charge in [-0.1, -0.05) is 30.3 Å². The molecule has 20 heavy (non-hydrogen) atoms. The highest BCUT2D eigenvalue weighted by Crippen LogP contribution is 2.28. The number of amides is 2. The number of aliphatic hydroxyl groups is 1. The summed E-state index contributed by atoms with van der Waals surface area (Å²) >= 11 is 0. The first-order chi connectivity index (χ1) is 9.69. The summed E-state index contributed by atoms with van der Waals surface area (Å²) in [7, 11) is 1.71. The smallest absolute Gasteiger partial charge is 0.317 e. The van der Waals surface area contributed by atoms with Gasteiger partial charge >= 0.3 is 6.03 Å². The van der Waals surface area contributed by atoms with E-state index in [4.69, 9.17) is 5.11 Å². The zero-order valence-electron chi connectivity index (χ0n) is 12.1. The lowest BCUT2D eigenvalue weighted by atomic mass is 9.98. The second-order valence-electron chi connectivity index (χ2n) is 5.66. The number of nitrogens with one attached hydrogen (secondary N) is 1. The van der Waals surface area contributed by atoms with Crippen LogP contribution in [0.15, 0.2) is 30.3 Å². The van der Waals surface area contributed by atoms with Gasteiger partial charge in [0.05, 0.1) is 6.61 Å². The van der Waals surface area contributed by atoms with Crippen LogP contribution in [0.4, 0.5) is 4.79 Å². The van der Waals surface area contributed by atoms with E-state index >= 15 is 0 Å². The summed E-state index contributed by atoms with van der Waals surface area (Å²) in [5.74, 6) is 0.658. The molecule has 0 saturated heterocycles. The van der Waals surface area contributed by atoms with E-state index in [-0.39, 0.29) is 18.7 Å². The maximum absolute atomic E-state index is 11.9. The SMILES string of the molecule is CN(CCO)C(=O)NC1CCC(Cc2ccccc2)C1. The van der Waals surface area contributed by atoms with Crippen LogP contribution in [0.5, 0.6) is 0 Å². The highest BCUT2D eigenvalue weighted by molar-refractivity contribution is 5.74. The first-order valence-electron chi connectivity index (χ1n) is 7.35. The molecule has 0 spiro atoms. The predicted octanol–water partition coefficient (Wildman–Crippen LogP) is 2.03. The minimum atomic E-state index is -0.0792. The van der Waals surface area contributed by atoms with E-state index in [0.29, 0.717) is 12.5 Å². The van der Waals surface area contributed by atoms with Gasteiger partial charge in [0.2, 0.25) is 0 Å². The van der Waals surface area contributed by atoms with Crippen LogP contribution in [0, 0.1) is 5.92 Å². The maximum Gasteiger partial charge on any atom is 0.317 e. The second kappa shape index (κ2) is 7.29. The number of likely N-dealkylation sites (N-methyl/N-ethyl adjacent to an activating group) is 1. The van der Waals surface area contributed by atoms with Crippen molar-refractivity contribution >= 4 is 6.03 Å². The summed E-state index contributed by atoms with van der Waals surface area (Å²) in [4.78, 5) is 13.4. The van der Waals surface area contributed by atoms with Crippen LogP contribution in [-0.4, -0.2) is 42.3 Å². The van der Waals surface area contributed by atoms with Crippen LogP contribution >= 0.6 is 0 Å². The fourth-order valence-electron chi connectivity index (χ4n) is 2.88. The zero-order chi connectivity index (χ0) is 14.4. The highest BCUT2D eigenvalue weighted by atomic mass is 16.3. The van der Waals surface area contributed by atoms with Crippen molar-refractivity contribution in [3.8, 4) is 0 Å². The van der Waals surface area contributed by atoms with E-state index in [1.807, 2.05) is 6.07 Å². The van der Waals surface area contributed by atoms with Gasteiger partial charge in [0.1, 0.15) is 0 Å². The molecule has 1 fully saturated rings. The van der Waals surface area contributed by atoms with Crippen molar-refractivity contribution in [2.45, 2.75) is 31.7 Å². The summed E-state index contributed by atoms with van der Waals surface area (Å²) in [6.45, 7) is 0.386. The number of rotatable bonds is 5. The van der Waals surface area contributed by atoms with Crippen LogP contribution in [-0.2, 0) is 6.42 Å². The molecular weight excluding hydrogens is 252 g/mol. The molecule has 0 radical (unpaired) electrons. The fraction of sp³-hybridized carbons (Fsp3) is 0.562. The standard InChI is InChI=1S/C16H24N2O2/c1-18(9-10-19)16(20)17-15-8-7-14(12-15)11-13-5-3-2-4-6-13/h2-6,14-15,19H,7-12H2,1H3,(H,17,20). The third kappa shape index (κ3) is 4.23. The highest BCUT2D eigenvalue weighted by Gasteiger charge is 2.26. The van der Waals surface area contributed by atoms with E-state index in [0.717, 1.165) is 19.3 Å². The van der Waals surface area contributed by atoms with E-state index in [1.165, 1.54) is 16.9 Å². The average Bonchev–Trinajstić information content (AvgIpc) is 2.87. The maximum atomic E-state index is 11.9. The van der Waals surface area contributed by atoms with Crippen LogP contribution < -0.4 is 5.32 Å². The molecule has 2 rings (SSSR count). The van der Waals surface area contributed by atoms with E-state index in [1.54, 1.807) is 7.05 Å². The number of hydrogen-bond donors (Lipinski definition) is 2.